The summed E-state index contributed by atoms with van der Waals surface area (Å²) in [6.07, 6.45) is -2.96. The van der Waals surface area contributed by atoms with Gasteiger partial charge in [-0.1, -0.05) is 0 Å². The van der Waals surface area contributed by atoms with Crippen LogP contribution in [0.3, 0.4) is 0 Å². The van der Waals surface area contributed by atoms with Crippen molar-refractivity contribution in [1.29, 1.82) is 0 Å². The molecule has 28 rings (SSSR count). The van der Waals surface area contributed by atoms with Crippen LogP contribution < -0.4 is 0 Å². The first-order chi connectivity index (χ1) is 62.2. The number of rotatable bonds is 15. The van der Waals surface area contributed by atoms with Gasteiger partial charge in [-0.2, -0.15) is 43.9 Å². The normalized spacial score (nSPS) is 48.2. The molecule has 0 amide bonds. The van der Waals surface area contributed by atoms with Gasteiger partial charge in [-0.25, -0.2) is 47.9 Å². The van der Waals surface area contributed by atoms with Gasteiger partial charge in [-0.3, -0.25) is 4.79 Å². The molecule has 133 heavy (non-hydrogen) atoms. The van der Waals surface area contributed by atoms with Crippen LogP contribution in [0.15, 0.2) is 0 Å². The number of esters is 11. The van der Waals surface area contributed by atoms with E-state index < -0.39 is 258 Å². The second kappa shape index (κ2) is 32.0. The highest BCUT2D eigenvalue weighted by Gasteiger charge is 2.79. The molecular weight excluding hydrogens is 1810 g/mol. The maximum Gasteiger partial charge on any atom is 0.377 e. The predicted molar refractivity (Wildman–Crippen MR) is 401 cm³/mol. The van der Waals surface area contributed by atoms with Crippen molar-refractivity contribution < 1.29 is 215 Å². The number of ether oxygens (including phenoxy) is 24. The van der Waals surface area contributed by atoms with E-state index in [1.54, 1.807) is 6.92 Å². The molecule has 46 heteroatoms. The minimum absolute atomic E-state index is 0.0598. The minimum atomic E-state index is -3.57. The van der Waals surface area contributed by atoms with Gasteiger partial charge in [0.15, 0.2) is 103 Å². The summed E-state index contributed by atoms with van der Waals surface area (Å²) < 4.78 is 268. The number of aliphatic hydroxyl groups excluding tert-OH is 1. The Morgan fingerprint density at radius 1 is 0.391 bits per heavy atom. The Bertz CT molecular complexity index is 4640. The Hall–Kier alpha value is -7.09. The predicted octanol–water partition coefficient (Wildman–Crippen LogP) is 6.94. The van der Waals surface area contributed by atoms with Crippen molar-refractivity contribution >= 4 is 65.7 Å². The van der Waals surface area contributed by atoms with Gasteiger partial charge < -0.3 is 119 Å². The molecule has 16 aliphatic carbocycles. The number of alkyl halides is 10. The summed E-state index contributed by atoms with van der Waals surface area (Å²) in [7, 11) is 0. The van der Waals surface area contributed by atoms with Gasteiger partial charge in [0, 0.05) is 102 Å². The summed E-state index contributed by atoms with van der Waals surface area (Å²) in [4.78, 5) is 128. The molecule has 1 N–H and O–H groups in total. The Morgan fingerprint density at radius 2 is 0.722 bits per heavy atom. The van der Waals surface area contributed by atoms with Crippen LogP contribution in [0, 0.1) is 71.0 Å². The number of cyclic esters (lactones) is 2. The lowest BCUT2D eigenvalue weighted by molar-refractivity contribution is -0.344. The van der Waals surface area contributed by atoms with Crippen molar-refractivity contribution in [3.05, 3.63) is 0 Å². The minimum Gasteiger partial charge on any atom is -0.463 e. The van der Waals surface area contributed by atoms with E-state index in [9.17, 15) is 102 Å². The molecule has 0 aromatic heterocycles. The molecule has 0 aromatic carbocycles. The van der Waals surface area contributed by atoms with Gasteiger partial charge in [0.05, 0.1) is 6.61 Å². The second-order valence-electron chi connectivity index (χ2n) is 41.4. The van der Waals surface area contributed by atoms with Crippen LogP contribution >= 0.6 is 0 Å². The van der Waals surface area contributed by atoms with Crippen LogP contribution in [-0.2, 0) is 166 Å². The highest BCUT2D eigenvalue weighted by molar-refractivity contribution is 5.84. The maximum absolute atomic E-state index is 13.6. The van der Waals surface area contributed by atoms with E-state index >= 15 is 0 Å². The van der Waals surface area contributed by atoms with E-state index in [1.807, 2.05) is 6.92 Å². The topological polar surface area (TPSA) is 430 Å². The lowest BCUT2D eigenvalue weighted by Crippen LogP contribution is -2.66. The molecule has 12 aliphatic heterocycles. The first-order valence-electron chi connectivity index (χ1n) is 45.8. The van der Waals surface area contributed by atoms with Gasteiger partial charge in [0.25, 0.3) is 0 Å². The lowest BCUT2D eigenvalue weighted by atomic mass is 9.51. The fourth-order valence-electron chi connectivity index (χ4n) is 27.5. The van der Waals surface area contributed by atoms with E-state index in [2.05, 4.69) is 9.47 Å². The first-order valence-corrected chi connectivity index (χ1v) is 45.8. The highest BCUT2D eigenvalue weighted by Crippen LogP contribution is 2.71. The standard InChI is InChI=1S/C23H30F2O9.C21H24F2O9.C19H22F2O8.C17H20F2O6.C7H8F2O4/c1-4-28-10(2)29-16-14-15(30-18(16)26)17-19(31-14)33-23(32-17)12-5-11-6-13(23)9-22(7-11,8-12)34-20(27)21(3,24)25;1-8(24)27-14-12-13(28-16(14)25)15-17(29-12)31-21(30-15)10-3-9-4-11(21)7-20(5-9,6-10)32-18(26)19(2,22)23;1-17(20,21)16(24)29-18-4-7-2-8(5-18)19(9(3-7)6-18)27-13-12-11(26-15(13)28-19)10(22)14(23)25-12;1-15(18,19)14(21)25-16-4-8-2-9(5-16)17(10(3-8)6-16)23-11-7-22-13(20)12(11)24-17;1-7(8,9)6(11)13-4-2-3-12-5(4)10/h10-17,19H,4-9H2,1-3H3;9-15,17H,3-7H2,1-2H3;7-13,15,22H,2-6H2,1H3;8-12H,2-7H2,1H3;4H,2-3H2,1H3. The number of aliphatic hydroxyl groups is 1. The molecule has 16 saturated carbocycles. The van der Waals surface area contributed by atoms with Crippen molar-refractivity contribution in [2.24, 2.45) is 71.0 Å². The SMILES string of the molecule is CC(=O)OC1C(=O)OC2C3OC4(OC3OC12)C1CC2CC4CC(OC(=O)C(C)(F)F)(C2)C1.CC(F)(F)C(=O)OC12CC3CC(C1)C1(OC4COC(=O)C4O1)C(C3)C2.CC(F)(F)C(=O)OC12CC3CC(C1)C1(OC4OC5C(O)C(=O)OC5C4O1)C(C3)C2.CC(F)(F)C(=O)OC1CCOC1=O.CCOC(C)OC1C(=O)OC2C3OC4(OC3OC12)C1CC2CC4CC(OC(=O)C(C)(F)F)(C2)C1. The molecule has 0 aromatic rings. The van der Waals surface area contributed by atoms with Crippen molar-refractivity contribution in [2.45, 2.75) is 382 Å². The van der Waals surface area contributed by atoms with Gasteiger partial charge in [0.1, 0.15) is 53.4 Å². The molecule has 28 fully saturated rings. The van der Waals surface area contributed by atoms with Crippen LogP contribution in [0.2, 0.25) is 0 Å². The van der Waals surface area contributed by atoms with Crippen molar-refractivity contribution in [3.8, 4) is 0 Å². The average Bonchev–Trinajstić information content (AvgIpc) is 1.59. The largest absolute Gasteiger partial charge is 0.463 e. The number of carbonyl (C=O) groups excluding carboxylic acids is 11. The molecule has 12 saturated heterocycles. The van der Waals surface area contributed by atoms with Crippen molar-refractivity contribution in [2.75, 3.05) is 19.8 Å². The average molecular weight is 1920 g/mol. The third-order valence-electron chi connectivity index (χ3n) is 31.7. The monoisotopic (exact) mass is 1910 g/mol. The van der Waals surface area contributed by atoms with Crippen LogP contribution in [0.1, 0.15) is 190 Å². The number of carbonyl (C=O) groups is 11. The zero-order chi connectivity index (χ0) is 94.7. The van der Waals surface area contributed by atoms with Gasteiger partial charge in [-0.05, 0) is 166 Å². The fraction of sp³-hybridized carbons (Fsp3) is 0.874. The molecule has 16 bridgehead atoms. The maximum atomic E-state index is 13.6. The molecule has 12 heterocycles. The van der Waals surface area contributed by atoms with Crippen LogP contribution in [-0.4, -0.2) is 282 Å². The molecule has 0 radical (unpaired) electrons. The summed E-state index contributed by atoms with van der Waals surface area (Å²) >= 11 is 0. The number of fused-ring (bicyclic) bond motifs is 10. The number of hydrogen-bond donors (Lipinski definition) is 1. The third kappa shape index (κ3) is 15.9. The lowest BCUT2D eigenvalue weighted by Gasteiger charge is -2.62. The molecule has 27 atom stereocenters. The van der Waals surface area contributed by atoms with E-state index in [-0.39, 0.29) is 84.7 Å². The van der Waals surface area contributed by atoms with E-state index in [0.717, 1.165) is 51.4 Å². The molecule has 27 unspecified atom stereocenters. The Morgan fingerprint density at radius 3 is 1.05 bits per heavy atom. The Balaban J connectivity index is 0.000000106. The first kappa shape index (κ1) is 93.6. The molecule has 4 spiro atoms. The number of hydrogen-bond acceptors (Lipinski definition) is 36. The third-order valence-corrected chi connectivity index (χ3v) is 31.7. The fourth-order valence-corrected chi connectivity index (χ4v) is 27.5. The van der Waals surface area contributed by atoms with Crippen LogP contribution in [0.5, 0.6) is 0 Å². The van der Waals surface area contributed by atoms with Gasteiger partial charge in [0.2, 0.25) is 12.2 Å². The van der Waals surface area contributed by atoms with E-state index in [4.69, 9.17) is 104 Å². The Labute approximate surface area is 751 Å². The van der Waals surface area contributed by atoms with E-state index in [1.165, 1.54) is 6.92 Å². The van der Waals surface area contributed by atoms with Gasteiger partial charge in [-0.15, -0.1) is 0 Å². The summed E-state index contributed by atoms with van der Waals surface area (Å²) in [6, 6.07) is 0. The zero-order valence-electron chi connectivity index (χ0n) is 73.4. The summed E-state index contributed by atoms with van der Waals surface area (Å²) in [5.41, 5.74) is -3.63. The van der Waals surface area contributed by atoms with Crippen LogP contribution in [0.25, 0.3) is 0 Å². The van der Waals surface area contributed by atoms with Crippen molar-refractivity contribution in [1.82, 2.24) is 0 Å². The van der Waals surface area contributed by atoms with E-state index in [0.29, 0.717) is 124 Å². The van der Waals surface area contributed by atoms with Crippen molar-refractivity contribution in [3.63, 3.8) is 0 Å². The van der Waals surface area contributed by atoms with Crippen LogP contribution in [0.4, 0.5) is 43.9 Å². The molecular formula is C87H104F10O36. The summed E-state index contributed by atoms with van der Waals surface area (Å²) in [5, 5.41) is 9.89. The van der Waals surface area contributed by atoms with Gasteiger partial charge >= 0.3 is 95.3 Å². The summed E-state index contributed by atoms with van der Waals surface area (Å²) in [5.74, 6) is -32.8. The molecule has 36 nitrogen and oxygen atoms in total. The second-order valence-corrected chi connectivity index (χ2v) is 41.4. The smallest absolute Gasteiger partial charge is 0.377 e. The number of halogens is 10. The highest BCUT2D eigenvalue weighted by atomic mass is 19.3. The Kier molecular flexibility index (Phi) is 22.5. The zero-order valence-corrected chi connectivity index (χ0v) is 73.4. The quantitative estimate of drug-likeness (QED) is 0.0750. The molecule has 738 valence electrons. The summed E-state index contributed by atoms with van der Waals surface area (Å²) in [6.45, 7) is 8.09. The molecule has 28 aliphatic rings.